The van der Waals surface area contributed by atoms with E-state index in [0.29, 0.717) is 56.9 Å². The molecular weight excluding hydrogens is 416 g/mol. The zero-order chi connectivity index (χ0) is 21.3. The van der Waals surface area contributed by atoms with E-state index in [1.165, 1.54) is 0 Å². The molecule has 1 spiro atoms. The molecule has 0 atom stereocenters. The van der Waals surface area contributed by atoms with Gasteiger partial charge in [0.05, 0.1) is 18.9 Å². The van der Waals surface area contributed by atoms with Crippen LogP contribution in [0.1, 0.15) is 23.2 Å². The average Bonchev–Trinajstić information content (AvgIpc) is 3.26. The number of urea groups is 1. The van der Waals surface area contributed by atoms with Crippen molar-refractivity contribution < 1.29 is 19.1 Å². The number of aromatic nitrogens is 1. The van der Waals surface area contributed by atoms with Crippen molar-refractivity contribution in [3.05, 3.63) is 48.2 Å². The molecule has 9 heteroatoms. The Hall–Kier alpha value is -2.62. The molecule has 2 fully saturated rings. The van der Waals surface area contributed by atoms with E-state index in [-0.39, 0.29) is 11.9 Å². The van der Waals surface area contributed by atoms with Gasteiger partial charge >= 0.3 is 6.03 Å². The SMILES string of the molecule is O=C(c1cccc(NC(=O)N2CCSc3ncccc32)c1)N1CCC2(CC1)OCCO2. The minimum Gasteiger partial charge on any atom is -0.347 e. The zero-order valence-electron chi connectivity index (χ0n) is 17.1. The maximum absolute atomic E-state index is 13.0. The third kappa shape index (κ3) is 4.13. The molecular formula is C22H24N4O4S. The van der Waals surface area contributed by atoms with Crippen molar-refractivity contribution in [3.63, 3.8) is 0 Å². The maximum atomic E-state index is 13.0. The molecule has 8 nitrogen and oxygen atoms in total. The summed E-state index contributed by atoms with van der Waals surface area (Å²) in [6.07, 6.45) is 3.08. The van der Waals surface area contributed by atoms with Gasteiger partial charge in [-0.05, 0) is 30.3 Å². The number of nitrogens with zero attached hydrogens (tertiary/aromatic N) is 3. The number of likely N-dealkylation sites (tertiary alicyclic amines) is 1. The molecule has 5 rings (SSSR count). The number of fused-ring (bicyclic) bond motifs is 1. The lowest BCUT2D eigenvalue weighted by Crippen LogP contribution is -2.47. The molecule has 0 aliphatic carbocycles. The number of thioether (sulfide) groups is 1. The second-order valence-electron chi connectivity index (χ2n) is 7.74. The summed E-state index contributed by atoms with van der Waals surface area (Å²) in [5.74, 6) is 0.234. The molecule has 1 N–H and O–H groups in total. The molecule has 1 aromatic heterocycles. The number of benzene rings is 1. The summed E-state index contributed by atoms with van der Waals surface area (Å²) in [5, 5.41) is 3.78. The van der Waals surface area contributed by atoms with Gasteiger partial charge in [0.2, 0.25) is 0 Å². The van der Waals surface area contributed by atoms with Crippen LogP contribution in [0.3, 0.4) is 0 Å². The Morgan fingerprint density at radius 2 is 1.87 bits per heavy atom. The van der Waals surface area contributed by atoms with Gasteiger partial charge in [-0.1, -0.05) is 6.07 Å². The summed E-state index contributed by atoms with van der Waals surface area (Å²) in [4.78, 5) is 33.8. The van der Waals surface area contributed by atoms with Crippen LogP contribution >= 0.6 is 11.8 Å². The Morgan fingerprint density at radius 3 is 2.68 bits per heavy atom. The fraction of sp³-hybridized carbons (Fsp3) is 0.409. The van der Waals surface area contributed by atoms with E-state index in [0.717, 1.165) is 16.5 Å². The first-order valence-corrected chi connectivity index (χ1v) is 11.5. The van der Waals surface area contributed by atoms with Crippen LogP contribution in [0.5, 0.6) is 0 Å². The van der Waals surface area contributed by atoms with Crippen LogP contribution < -0.4 is 10.2 Å². The molecule has 162 valence electrons. The van der Waals surface area contributed by atoms with Crippen molar-refractivity contribution in [2.75, 3.05) is 48.8 Å². The van der Waals surface area contributed by atoms with Crippen LogP contribution in [-0.4, -0.2) is 66.2 Å². The van der Waals surface area contributed by atoms with Crippen molar-refractivity contribution >= 4 is 35.1 Å². The van der Waals surface area contributed by atoms with Crippen LogP contribution in [0.25, 0.3) is 0 Å². The van der Waals surface area contributed by atoms with Crippen LogP contribution in [0.4, 0.5) is 16.2 Å². The molecule has 2 aromatic rings. The van der Waals surface area contributed by atoms with Crippen LogP contribution in [-0.2, 0) is 9.47 Å². The van der Waals surface area contributed by atoms with Crippen LogP contribution in [0, 0.1) is 0 Å². The van der Waals surface area contributed by atoms with Crippen LogP contribution in [0.2, 0.25) is 0 Å². The fourth-order valence-electron chi connectivity index (χ4n) is 4.20. The minimum atomic E-state index is -0.509. The highest BCUT2D eigenvalue weighted by molar-refractivity contribution is 7.99. The molecule has 0 radical (unpaired) electrons. The Morgan fingerprint density at radius 1 is 1.06 bits per heavy atom. The lowest BCUT2D eigenvalue weighted by molar-refractivity contribution is -0.181. The maximum Gasteiger partial charge on any atom is 0.326 e. The van der Waals surface area contributed by atoms with E-state index in [1.54, 1.807) is 47.1 Å². The van der Waals surface area contributed by atoms with Crippen molar-refractivity contribution in [2.45, 2.75) is 23.7 Å². The van der Waals surface area contributed by atoms with Gasteiger partial charge in [-0.25, -0.2) is 9.78 Å². The predicted molar refractivity (Wildman–Crippen MR) is 118 cm³/mol. The van der Waals surface area contributed by atoms with Crippen molar-refractivity contribution in [2.24, 2.45) is 0 Å². The number of hydrogen-bond acceptors (Lipinski definition) is 6. The molecule has 0 unspecified atom stereocenters. The second-order valence-corrected chi connectivity index (χ2v) is 8.82. The normalized spacial score (nSPS) is 19.9. The summed E-state index contributed by atoms with van der Waals surface area (Å²) in [6.45, 7) is 3.01. The number of carbonyl (C=O) groups excluding carboxylic acids is 2. The zero-order valence-corrected chi connectivity index (χ0v) is 17.9. The molecule has 1 aromatic carbocycles. The summed E-state index contributed by atoms with van der Waals surface area (Å²) in [6, 6.07) is 10.6. The first-order valence-electron chi connectivity index (χ1n) is 10.5. The highest BCUT2D eigenvalue weighted by Gasteiger charge is 2.40. The molecule has 31 heavy (non-hydrogen) atoms. The van der Waals surface area contributed by atoms with E-state index >= 15 is 0 Å². The number of nitrogens with one attached hydrogen (secondary N) is 1. The predicted octanol–water partition coefficient (Wildman–Crippen LogP) is 3.20. The molecule has 0 bridgehead atoms. The molecule has 0 saturated carbocycles. The Kier molecular flexibility index (Phi) is 5.56. The number of ether oxygens (including phenoxy) is 2. The first kappa shape index (κ1) is 20.3. The lowest BCUT2D eigenvalue weighted by Gasteiger charge is -2.37. The number of hydrogen-bond donors (Lipinski definition) is 1. The van der Waals surface area contributed by atoms with Crippen molar-refractivity contribution in [1.29, 1.82) is 0 Å². The summed E-state index contributed by atoms with van der Waals surface area (Å²) < 4.78 is 11.5. The van der Waals surface area contributed by atoms with E-state index in [1.807, 2.05) is 17.0 Å². The van der Waals surface area contributed by atoms with E-state index in [9.17, 15) is 9.59 Å². The van der Waals surface area contributed by atoms with Crippen molar-refractivity contribution in [1.82, 2.24) is 9.88 Å². The topological polar surface area (TPSA) is 84.0 Å². The number of rotatable bonds is 2. The number of pyridine rings is 1. The molecule has 3 aliphatic rings. The Labute approximate surface area is 184 Å². The van der Waals surface area contributed by atoms with Gasteiger partial charge in [-0.3, -0.25) is 9.69 Å². The van der Waals surface area contributed by atoms with Gasteiger partial charge in [0.25, 0.3) is 5.91 Å². The summed E-state index contributed by atoms with van der Waals surface area (Å²) in [5.41, 5.74) is 1.95. The van der Waals surface area contributed by atoms with Gasteiger partial charge < -0.3 is 19.7 Å². The third-order valence-corrected chi connectivity index (χ3v) is 6.80. The molecule has 3 amide bonds. The second kappa shape index (κ2) is 8.49. The number of piperidine rings is 1. The monoisotopic (exact) mass is 440 g/mol. The van der Waals surface area contributed by atoms with Gasteiger partial charge in [0, 0.05) is 55.7 Å². The van der Waals surface area contributed by atoms with E-state index < -0.39 is 5.79 Å². The quantitative estimate of drug-likeness (QED) is 0.772. The van der Waals surface area contributed by atoms with Crippen molar-refractivity contribution in [3.8, 4) is 0 Å². The van der Waals surface area contributed by atoms with Gasteiger partial charge in [0.15, 0.2) is 5.79 Å². The van der Waals surface area contributed by atoms with E-state index in [2.05, 4.69) is 10.3 Å². The lowest BCUT2D eigenvalue weighted by atomic mass is 10.0. The average molecular weight is 441 g/mol. The van der Waals surface area contributed by atoms with Gasteiger partial charge in [-0.15, -0.1) is 11.8 Å². The van der Waals surface area contributed by atoms with Gasteiger partial charge in [0.1, 0.15) is 5.03 Å². The van der Waals surface area contributed by atoms with Gasteiger partial charge in [-0.2, -0.15) is 0 Å². The number of anilines is 2. The summed E-state index contributed by atoms with van der Waals surface area (Å²) in [7, 11) is 0. The molecule has 2 saturated heterocycles. The smallest absolute Gasteiger partial charge is 0.326 e. The third-order valence-electron chi connectivity index (χ3n) is 5.83. The Bertz CT molecular complexity index is 985. The fourth-order valence-corrected chi connectivity index (χ4v) is 5.13. The Balaban J connectivity index is 1.25. The molecule has 3 aliphatic heterocycles. The largest absolute Gasteiger partial charge is 0.347 e. The van der Waals surface area contributed by atoms with E-state index in [4.69, 9.17) is 9.47 Å². The highest BCUT2D eigenvalue weighted by Crippen LogP contribution is 2.33. The number of amides is 3. The minimum absolute atomic E-state index is 0.0483. The van der Waals surface area contributed by atoms with Crippen LogP contribution in [0.15, 0.2) is 47.6 Å². The first-order chi connectivity index (χ1) is 15.1. The summed E-state index contributed by atoms with van der Waals surface area (Å²) >= 11 is 1.64. The highest BCUT2D eigenvalue weighted by atomic mass is 32.2. The number of carbonyl (C=O) groups is 2. The standard InChI is InChI=1S/C22H24N4O4S/c27-20(25-9-6-22(7-10-25)29-12-13-30-22)16-3-1-4-17(15-16)24-21(28)26-11-14-31-19-18(26)5-2-8-23-19/h1-5,8,15H,6-7,9-14H2,(H,24,28). The molecule has 4 heterocycles.